The molecule has 0 heterocycles. The first kappa shape index (κ1) is 10.9. The van der Waals surface area contributed by atoms with Crippen molar-refractivity contribution in [2.45, 2.75) is 12.8 Å². The molecule has 0 spiro atoms. The first-order valence-corrected chi connectivity index (χ1v) is 4.86. The van der Waals surface area contributed by atoms with Crippen LogP contribution in [-0.2, 0) is 0 Å². The molecule has 1 rings (SSSR count). The Morgan fingerprint density at radius 2 is 2.21 bits per heavy atom. The molecule has 0 radical (unpaired) electrons. The lowest BCUT2D eigenvalue weighted by Gasteiger charge is -2.10. The lowest BCUT2D eigenvalue weighted by Crippen LogP contribution is -1.93. The maximum atomic E-state index is 9.73. The number of ether oxygens (including phenoxy) is 1. The molecule has 0 aliphatic carbocycles. The maximum Gasteiger partial charge on any atom is 0.138 e. The monoisotopic (exact) mass is 255 g/mol. The van der Waals surface area contributed by atoms with Gasteiger partial charge >= 0.3 is 0 Å². The minimum absolute atomic E-state index is 0.0680. The Bertz CT molecular complexity index is 384. The largest absolute Gasteiger partial charge is 0.506 e. The summed E-state index contributed by atoms with van der Waals surface area (Å²) in [6.45, 7) is 1.73. The summed E-state index contributed by atoms with van der Waals surface area (Å²) in [5, 5.41) is 18.5. The van der Waals surface area contributed by atoms with E-state index in [4.69, 9.17) is 10.00 Å². The highest BCUT2D eigenvalue weighted by atomic mass is 79.9. The summed E-state index contributed by atoms with van der Waals surface area (Å²) in [5.74, 6) is 0.284. The molecular formula is C10H10BrNO2. The third-order valence-corrected chi connectivity index (χ3v) is 2.76. The fraction of sp³-hybridized carbons (Fsp3) is 0.300. The summed E-state index contributed by atoms with van der Waals surface area (Å²) in [5.41, 5.74) is 0.597. The van der Waals surface area contributed by atoms with Crippen LogP contribution in [0.25, 0.3) is 0 Å². The number of aromatic hydroxyl groups is 1. The topological polar surface area (TPSA) is 53.2 Å². The summed E-state index contributed by atoms with van der Waals surface area (Å²) in [4.78, 5) is 0. The Hall–Kier alpha value is -1.21. The van der Waals surface area contributed by atoms with Crippen LogP contribution in [-0.4, -0.2) is 12.2 Å². The molecule has 1 N–H and O–H groups in total. The van der Waals surface area contributed by atoms with E-state index < -0.39 is 0 Å². The Balaban J connectivity index is 3.25. The quantitative estimate of drug-likeness (QED) is 0.885. The number of rotatable bonds is 2. The fourth-order valence-electron chi connectivity index (χ4n) is 1.14. The summed E-state index contributed by atoms with van der Waals surface area (Å²) < 4.78 is 5.49. The molecule has 0 amide bonds. The van der Waals surface area contributed by atoms with Crippen LogP contribution in [0.1, 0.15) is 18.4 Å². The molecule has 0 saturated heterocycles. The van der Waals surface area contributed by atoms with Crippen molar-refractivity contribution in [2.24, 2.45) is 0 Å². The van der Waals surface area contributed by atoms with Gasteiger partial charge in [-0.25, -0.2) is 0 Å². The molecule has 1 unspecified atom stereocenters. The molecule has 14 heavy (non-hydrogen) atoms. The highest BCUT2D eigenvalue weighted by Gasteiger charge is 2.15. The van der Waals surface area contributed by atoms with Crippen LogP contribution < -0.4 is 4.74 Å². The minimum atomic E-state index is -0.336. The molecule has 0 bridgehead atoms. The molecule has 0 fully saturated rings. The van der Waals surface area contributed by atoms with Crippen molar-refractivity contribution < 1.29 is 9.84 Å². The first-order valence-electron chi connectivity index (χ1n) is 4.06. The molecule has 74 valence electrons. The smallest absolute Gasteiger partial charge is 0.138 e. The Morgan fingerprint density at radius 1 is 1.57 bits per heavy atom. The van der Waals surface area contributed by atoms with E-state index in [9.17, 15) is 5.11 Å². The van der Waals surface area contributed by atoms with Gasteiger partial charge < -0.3 is 9.84 Å². The van der Waals surface area contributed by atoms with Gasteiger partial charge in [0, 0.05) is 5.56 Å². The van der Waals surface area contributed by atoms with Gasteiger partial charge in [-0.1, -0.05) is 6.07 Å². The molecule has 3 nitrogen and oxygen atoms in total. The van der Waals surface area contributed by atoms with Crippen LogP contribution in [0.15, 0.2) is 16.6 Å². The molecular weight excluding hydrogens is 246 g/mol. The number of phenols is 1. The van der Waals surface area contributed by atoms with Gasteiger partial charge in [-0.3, -0.25) is 0 Å². The van der Waals surface area contributed by atoms with Gasteiger partial charge in [0.15, 0.2) is 0 Å². The lowest BCUT2D eigenvalue weighted by atomic mass is 10.0. The van der Waals surface area contributed by atoms with E-state index in [1.807, 2.05) is 0 Å². The van der Waals surface area contributed by atoms with Crippen LogP contribution in [0.3, 0.4) is 0 Å². The number of halogens is 1. The van der Waals surface area contributed by atoms with E-state index in [1.54, 1.807) is 19.1 Å². The van der Waals surface area contributed by atoms with Crippen molar-refractivity contribution in [3.63, 3.8) is 0 Å². The second-order valence-corrected chi connectivity index (χ2v) is 3.66. The summed E-state index contributed by atoms with van der Waals surface area (Å²) in [6, 6.07) is 5.47. The summed E-state index contributed by atoms with van der Waals surface area (Å²) in [6.07, 6.45) is 0. The minimum Gasteiger partial charge on any atom is -0.506 e. The average Bonchev–Trinajstić information content (AvgIpc) is 2.21. The van der Waals surface area contributed by atoms with Crippen LogP contribution in [0.5, 0.6) is 11.5 Å². The van der Waals surface area contributed by atoms with Crippen molar-refractivity contribution in [1.29, 1.82) is 5.26 Å². The van der Waals surface area contributed by atoms with Crippen LogP contribution in [0, 0.1) is 11.3 Å². The van der Waals surface area contributed by atoms with Gasteiger partial charge in [-0.15, -0.1) is 0 Å². The van der Waals surface area contributed by atoms with E-state index in [2.05, 4.69) is 22.0 Å². The standard InChI is InChI=1S/C10H10BrNO2/c1-6(5-12)7-3-4-8(14-2)9(11)10(7)13/h3-4,6,13H,1-2H3. The van der Waals surface area contributed by atoms with Crippen LogP contribution in [0.2, 0.25) is 0 Å². The third-order valence-electron chi connectivity index (χ3n) is 1.99. The molecule has 0 aliphatic heterocycles. The van der Waals surface area contributed by atoms with E-state index in [0.717, 1.165) is 0 Å². The highest BCUT2D eigenvalue weighted by Crippen LogP contribution is 2.38. The fourth-order valence-corrected chi connectivity index (χ4v) is 1.66. The van der Waals surface area contributed by atoms with Crippen molar-refractivity contribution in [1.82, 2.24) is 0 Å². The maximum absolute atomic E-state index is 9.73. The first-order chi connectivity index (χ1) is 6.61. The summed E-state index contributed by atoms with van der Waals surface area (Å²) >= 11 is 3.20. The van der Waals surface area contributed by atoms with Gasteiger partial charge in [-0.2, -0.15) is 5.26 Å². The average molecular weight is 256 g/mol. The summed E-state index contributed by atoms with van der Waals surface area (Å²) in [7, 11) is 1.52. The highest BCUT2D eigenvalue weighted by molar-refractivity contribution is 9.10. The van der Waals surface area contributed by atoms with Crippen molar-refractivity contribution in [2.75, 3.05) is 7.11 Å². The SMILES string of the molecule is COc1ccc(C(C)C#N)c(O)c1Br. The van der Waals surface area contributed by atoms with Crippen molar-refractivity contribution in [3.05, 3.63) is 22.2 Å². The number of methoxy groups -OCH3 is 1. The lowest BCUT2D eigenvalue weighted by molar-refractivity contribution is 0.402. The number of hydrogen-bond donors (Lipinski definition) is 1. The molecule has 0 aliphatic rings. The Morgan fingerprint density at radius 3 is 2.71 bits per heavy atom. The molecule has 1 atom stereocenters. The van der Waals surface area contributed by atoms with E-state index >= 15 is 0 Å². The number of hydrogen-bond acceptors (Lipinski definition) is 3. The van der Waals surface area contributed by atoms with Crippen LogP contribution >= 0.6 is 15.9 Å². The van der Waals surface area contributed by atoms with E-state index in [1.165, 1.54) is 7.11 Å². The van der Waals surface area contributed by atoms with E-state index in [-0.39, 0.29) is 11.7 Å². The third kappa shape index (κ3) is 1.83. The molecule has 0 aromatic heterocycles. The predicted octanol–water partition coefficient (Wildman–Crippen LogP) is 2.79. The van der Waals surface area contributed by atoms with E-state index in [0.29, 0.717) is 15.8 Å². The zero-order chi connectivity index (χ0) is 10.7. The van der Waals surface area contributed by atoms with Crippen molar-refractivity contribution in [3.8, 4) is 17.6 Å². The van der Waals surface area contributed by atoms with Gasteiger partial charge in [0.1, 0.15) is 16.0 Å². The van der Waals surface area contributed by atoms with Gasteiger partial charge in [0.05, 0.1) is 19.1 Å². The zero-order valence-electron chi connectivity index (χ0n) is 7.91. The normalized spacial score (nSPS) is 11.9. The number of nitriles is 1. The number of nitrogens with zero attached hydrogens (tertiary/aromatic N) is 1. The Kier molecular flexibility index (Phi) is 3.37. The number of benzene rings is 1. The number of phenolic OH excluding ortho intramolecular Hbond substituents is 1. The molecule has 4 heteroatoms. The Labute approximate surface area is 91.1 Å². The van der Waals surface area contributed by atoms with Crippen molar-refractivity contribution >= 4 is 15.9 Å². The van der Waals surface area contributed by atoms with Gasteiger partial charge in [-0.05, 0) is 28.9 Å². The predicted molar refractivity (Wildman–Crippen MR) is 56.4 cm³/mol. The zero-order valence-corrected chi connectivity index (χ0v) is 9.50. The second kappa shape index (κ2) is 4.34. The molecule has 0 saturated carbocycles. The molecule has 1 aromatic rings. The second-order valence-electron chi connectivity index (χ2n) is 2.87. The van der Waals surface area contributed by atoms with Crippen LogP contribution in [0.4, 0.5) is 0 Å². The molecule has 1 aromatic carbocycles. The van der Waals surface area contributed by atoms with Gasteiger partial charge in [0.25, 0.3) is 0 Å². The van der Waals surface area contributed by atoms with Gasteiger partial charge in [0.2, 0.25) is 0 Å².